The van der Waals surface area contributed by atoms with Crippen molar-refractivity contribution < 1.29 is 19.4 Å². The first-order valence-corrected chi connectivity index (χ1v) is 6.79. The molecular formula is C15H24N2O4. The maximum Gasteiger partial charge on any atom is 0.407 e. The number of carbonyl (C=O) groups excluding carboxylic acids is 1. The van der Waals surface area contributed by atoms with E-state index in [0.29, 0.717) is 17.7 Å². The number of nitrogens with two attached hydrogens (primary N) is 1. The van der Waals surface area contributed by atoms with Crippen molar-refractivity contribution in [2.75, 3.05) is 13.7 Å². The molecule has 6 heteroatoms. The summed E-state index contributed by atoms with van der Waals surface area (Å²) in [4.78, 5) is 11.5. The molecule has 0 aliphatic carbocycles. The minimum absolute atomic E-state index is 0.156. The number of hydrogen-bond donors (Lipinski definition) is 3. The summed E-state index contributed by atoms with van der Waals surface area (Å²) in [5.41, 5.74) is 6.09. The molecule has 1 rings (SSSR count). The number of benzene rings is 1. The van der Waals surface area contributed by atoms with Crippen molar-refractivity contribution >= 4 is 6.09 Å². The molecule has 0 radical (unpaired) electrons. The highest BCUT2D eigenvalue weighted by Gasteiger charge is 2.17. The van der Waals surface area contributed by atoms with Gasteiger partial charge in [-0.15, -0.1) is 0 Å². The van der Waals surface area contributed by atoms with Gasteiger partial charge in [-0.25, -0.2) is 4.79 Å². The monoisotopic (exact) mass is 296 g/mol. The highest BCUT2D eigenvalue weighted by atomic mass is 16.6. The highest BCUT2D eigenvalue weighted by Crippen LogP contribution is 2.23. The second-order valence-electron chi connectivity index (χ2n) is 5.84. The van der Waals surface area contributed by atoms with Crippen molar-refractivity contribution in [3.8, 4) is 11.5 Å². The van der Waals surface area contributed by atoms with E-state index in [0.717, 1.165) is 0 Å². The number of carbonyl (C=O) groups is 1. The topological polar surface area (TPSA) is 93.8 Å². The van der Waals surface area contributed by atoms with Gasteiger partial charge in [0, 0.05) is 12.6 Å². The Morgan fingerprint density at radius 3 is 2.67 bits per heavy atom. The Morgan fingerprint density at radius 1 is 1.43 bits per heavy atom. The molecule has 0 heterocycles. The highest BCUT2D eigenvalue weighted by molar-refractivity contribution is 5.67. The molecule has 1 aromatic rings. The summed E-state index contributed by atoms with van der Waals surface area (Å²) in [6.45, 7) is 5.63. The van der Waals surface area contributed by atoms with Crippen LogP contribution in [-0.4, -0.2) is 36.5 Å². The zero-order valence-electron chi connectivity index (χ0n) is 13.0. The lowest BCUT2D eigenvalue weighted by atomic mass is 10.1. The van der Waals surface area contributed by atoms with Crippen molar-refractivity contribution in [2.45, 2.75) is 38.8 Å². The van der Waals surface area contributed by atoms with Crippen LogP contribution in [0.1, 0.15) is 26.3 Å². The van der Waals surface area contributed by atoms with Crippen LogP contribution in [-0.2, 0) is 11.2 Å². The SMILES string of the molecule is COc1ccc(O)c(CC(N)CNC(=O)OC(C)(C)C)c1. The standard InChI is InChI=1S/C15H24N2O4/c1-15(2,3)21-14(19)17-9-11(16)7-10-8-12(20-4)5-6-13(10)18/h5-6,8,11,18H,7,9,16H2,1-4H3,(H,17,19). The van der Waals surface area contributed by atoms with Gasteiger partial charge in [0.05, 0.1) is 7.11 Å². The van der Waals surface area contributed by atoms with E-state index in [-0.39, 0.29) is 18.3 Å². The lowest BCUT2D eigenvalue weighted by Crippen LogP contribution is -2.41. The molecule has 0 aromatic heterocycles. The van der Waals surface area contributed by atoms with Gasteiger partial charge in [-0.2, -0.15) is 0 Å². The van der Waals surface area contributed by atoms with E-state index in [4.69, 9.17) is 15.2 Å². The molecular weight excluding hydrogens is 272 g/mol. The Hall–Kier alpha value is -1.95. The normalized spacial score (nSPS) is 12.6. The van der Waals surface area contributed by atoms with Gasteiger partial charge >= 0.3 is 6.09 Å². The predicted molar refractivity (Wildman–Crippen MR) is 80.6 cm³/mol. The van der Waals surface area contributed by atoms with Crippen LogP contribution in [0.4, 0.5) is 4.79 Å². The molecule has 0 fully saturated rings. The molecule has 21 heavy (non-hydrogen) atoms. The van der Waals surface area contributed by atoms with Crippen LogP contribution in [0.15, 0.2) is 18.2 Å². The molecule has 118 valence electrons. The molecule has 0 saturated carbocycles. The molecule has 6 nitrogen and oxygen atoms in total. The molecule has 4 N–H and O–H groups in total. The van der Waals surface area contributed by atoms with Crippen LogP contribution in [0.25, 0.3) is 0 Å². The molecule has 1 unspecified atom stereocenters. The molecule has 1 amide bonds. The minimum atomic E-state index is -0.542. The average molecular weight is 296 g/mol. The van der Waals surface area contributed by atoms with E-state index >= 15 is 0 Å². The number of nitrogens with one attached hydrogen (secondary N) is 1. The number of phenolic OH excluding ortho intramolecular Hbond substituents is 1. The van der Waals surface area contributed by atoms with E-state index in [1.807, 2.05) is 0 Å². The summed E-state index contributed by atoms with van der Waals surface area (Å²) >= 11 is 0. The zero-order chi connectivity index (χ0) is 16.0. The van der Waals surface area contributed by atoms with Gasteiger partial charge in [-0.1, -0.05) is 0 Å². The first-order valence-electron chi connectivity index (χ1n) is 6.79. The summed E-state index contributed by atoms with van der Waals surface area (Å²) < 4.78 is 10.2. The van der Waals surface area contributed by atoms with Crippen LogP contribution in [0.2, 0.25) is 0 Å². The van der Waals surface area contributed by atoms with E-state index in [9.17, 15) is 9.90 Å². The predicted octanol–water partition coefficient (Wildman–Crippen LogP) is 1.80. The van der Waals surface area contributed by atoms with Crippen LogP contribution in [0.3, 0.4) is 0 Å². The van der Waals surface area contributed by atoms with E-state index in [1.165, 1.54) is 0 Å². The molecule has 0 bridgehead atoms. The number of alkyl carbamates (subject to hydrolysis) is 1. The third-order valence-electron chi connectivity index (χ3n) is 2.68. The lowest BCUT2D eigenvalue weighted by Gasteiger charge is -2.21. The molecule has 0 aliphatic rings. The summed E-state index contributed by atoms with van der Waals surface area (Å²) in [7, 11) is 1.56. The van der Waals surface area contributed by atoms with Gasteiger partial charge in [0.25, 0.3) is 0 Å². The minimum Gasteiger partial charge on any atom is -0.508 e. The van der Waals surface area contributed by atoms with Gasteiger partial charge in [-0.05, 0) is 51.0 Å². The van der Waals surface area contributed by atoms with Crippen LogP contribution >= 0.6 is 0 Å². The van der Waals surface area contributed by atoms with Crippen molar-refractivity contribution in [3.63, 3.8) is 0 Å². The lowest BCUT2D eigenvalue weighted by molar-refractivity contribution is 0.0524. The number of ether oxygens (including phenoxy) is 2. The number of phenols is 1. The van der Waals surface area contributed by atoms with Gasteiger partial charge in [0.2, 0.25) is 0 Å². The third-order valence-corrected chi connectivity index (χ3v) is 2.68. The van der Waals surface area contributed by atoms with E-state index in [2.05, 4.69) is 5.32 Å². The number of rotatable bonds is 5. The molecule has 1 aromatic carbocycles. The Bertz CT molecular complexity index is 483. The summed E-state index contributed by atoms with van der Waals surface area (Å²) in [5, 5.41) is 12.4. The number of hydrogen-bond acceptors (Lipinski definition) is 5. The maximum atomic E-state index is 11.5. The zero-order valence-corrected chi connectivity index (χ0v) is 13.0. The molecule has 0 aliphatic heterocycles. The number of methoxy groups -OCH3 is 1. The van der Waals surface area contributed by atoms with Gasteiger partial charge in [-0.3, -0.25) is 0 Å². The van der Waals surface area contributed by atoms with Crippen molar-refractivity contribution in [1.29, 1.82) is 0 Å². The van der Waals surface area contributed by atoms with Crippen LogP contribution < -0.4 is 15.8 Å². The van der Waals surface area contributed by atoms with Crippen molar-refractivity contribution in [2.24, 2.45) is 5.73 Å². The molecule has 0 spiro atoms. The summed E-state index contributed by atoms with van der Waals surface area (Å²) in [5.74, 6) is 0.804. The first-order chi connectivity index (χ1) is 9.71. The van der Waals surface area contributed by atoms with Crippen LogP contribution in [0, 0.1) is 0 Å². The Labute approximate surface area is 125 Å². The fourth-order valence-corrected chi connectivity index (χ4v) is 1.74. The quantitative estimate of drug-likeness (QED) is 0.770. The van der Waals surface area contributed by atoms with Gasteiger partial charge in [0.15, 0.2) is 0 Å². The van der Waals surface area contributed by atoms with E-state index in [1.54, 1.807) is 46.1 Å². The van der Waals surface area contributed by atoms with Crippen molar-refractivity contribution in [1.82, 2.24) is 5.32 Å². The Kier molecular flexibility index (Phi) is 5.84. The van der Waals surface area contributed by atoms with Gasteiger partial charge in [0.1, 0.15) is 17.1 Å². The molecule has 0 saturated heterocycles. The molecule has 1 atom stereocenters. The average Bonchev–Trinajstić information content (AvgIpc) is 2.37. The number of aromatic hydroxyl groups is 1. The third kappa shape index (κ3) is 6.35. The van der Waals surface area contributed by atoms with E-state index < -0.39 is 11.7 Å². The second kappa shape index (κ2) is 7.17. The first kappa shape index (κ1) is 17.1. The smallest absolute Gasteiger partial charge is 0.407 e. The Balaban J connectivity index is 2.50. The maximum absolute atomic E-state index is 11.5. The van der Waals surface area contributed by atoms with Gasteiger partial charge < -0.3 is 25.6 Å². The largest absolute Gasteiger partial charge is 0.508 e. The van der Waals surface area contributed by atoms with Crippen molar-refractivity contribution in [3.05, 3.63) is 23.8 Å². The second-order valence-corrected chi connectivity index (χ2v) is 5.84. The summed E-state index contributed by atoms with van der Waals surface area (Å²) in [6, 6.07) is 4.62. The number of amides is 1. The summed E-state index contributed by atoms with van der Waals surface area (Å²) in [6.07, 6.45) is -0.0911. The fourth-order valence-electron chi connectivity index (χ4n) is 1.74. The Morgan fingerprint density at radius 2 is 2.10 bits per heavy atom. The fraction of sp³-hybridized carbons (Fsp3) is 0.533. The van der Waals surface area contributed by atoms with Crippen LogP contribution in [0.5, 0.6) is 11.5 Å².